The van der Waals surface area contributed by atoms with Gasteiger partial charge in [0.25, 0.3) is 5.56 Å². The molecule has 0 spiro atoms. The smallest absolute Gasteiger partial charge is 0.320 e. The van der Waals surface area contributed by atoms with Crippen LogP contribution in [0.1, 0.15) is 57.9 Å². The van der Waals surface area contributed by atoms with Crippen LogP contribution in [0, 0.1) is 0 Å². The second kappa shape index (κ2) is 10.9. The van der Waals surface area contributed by atoms with Crippen molar-refractivity contribution in [3.63, 3.8) is 0 Å². The Labute approximate surface area is 162 Å². The number of urea groups is 1. The second-order valence-electron chi connectivity index (χ2n) is 7.61. The van der Waals surface area contributed by atoms with Gasteiger partial charge in [0.2, 0.25) is 0 Å². The summed E-state index contributed by atoms with van der Waals surface area (Å²) >= 11 is 0. The van der Waals surface area contributed by atoms with Gasteiger partial charge in [-0.2, -0.15) is 0 Å². The molecule has 0 radical (unpaired) electrons. The fourth-order valence-corrected chi connectivity index (χ4v) is 3.23. The summed E-state index contributed by atoms with van der Waals surface area (Å²) < 4.78 is 1.77. The average Bonchev–Trinajstić information content (AvgIpc) is 2.62. The lowest BCUT2D eigenvalue weighted by Gasteiger charge is -2.28. The summed E-state index contributed by atoms with van der Waals surface area (Å²) in [7, 11) is 0. The van der Waals surface area contributed by atoms with Crippen LogP contribution in [-0.4, -0.2) is 34.6 Å². The minimum Gasteiger partial charge on any atom is -0.320 e. The average molecular weight is 375 g/mol. The van der Waals surface area contributed by atoms with Crippen molar-refractivity contribution in [2.75, 3.05) is 13.1 Å². The second-order valence-corrected chi connectivity index (χ2v) is 7.61. The van der Waals surface area contributed by atoms with Gasteiger partial charge in [0.1, 0.15) is 0 Å². The molecule has 6 heteroatoms. The van der Waals surface area contributed by atoms with Crippen LogP contribution in [0.25, 0.3) is 0 Å². The predicted molar refractivity (Wildman–Crippen MR) is 110 cm³/mol. The monoisotopic (exact) mass is 374 g/mol. The van der Waals surface area contributed by atoms with E-state index in [-0.39, 0.29) is 11.6 Å². The molecule has 1 fully saturated rings. The van der Waals surface area contributed by atoms with Crippen molar-refractivity contribution >= 4 is 6.03 Å². The van der Waals surface area contributed by atoms with Crippen molar-refractivity contribution in [2.24, 2.45) is 0 Å². The molecule has 0 bridgehead atoms. The molecule has 150 valence electrons. The maximum Gasteiger partial charge on any atom is 0.321 e. The molecule has 2 rings (SSSR count). The van der Waals surface area contributed by atoms with Crippen molar-refractivity contribution < 1.29 is 4.79 Å². The minimum atomic E-state index is -0.173. The Kier molecular flexibility index (Phi) is 8.58. The van der Waals surface area contributed by atoms with Crippen LogP contribution in [0.3, 0.4) is 0 Å². The first-order chi connectivity index (χ1) is 13.0. The van der Waals surface area contributed by atoms with Crippen LogP contribution < -0.4 is 16.2 Å². The number of carbonyl (C=O) groups is 1. The lowest BCUT2D eigenvalue weighted by Crippen LogP contribution is -2.45. The largest absolute Gasteiger partial charge is 0.321 e. The van der Waals surface area contributed by atoms with E-state index in [0.29, 0.717) is 24.7 Å². The summed E-state index contributed by atoms with van der Waals surface area (Å²) in [6, 6.07) is 4.10. The predicted octanol–water partition coefficient (Wildman–Crippen LogP) is 3.23. The van der Waals surface area contributed by atoms with Crippen molar-refractivity contribution in [3.8, 4) is 0 Å². The van der Waals surface area contributed by atoms with E-state index in [1.165, 1.54) is 19.3 Å². The third kappa shape index (κ3) is 7.21. The van der Waals surface area contributed by atoms with Gasteiger partial charge in [0, 0.05) is 43.0 Å². The molecule has 1 aliphatic heterocycles. The summed E-state index contributed by atoms with van der Waals surface area (Å²) in [6.45, 7) is 10.9. The molecule has 0 aliphatic carbocycles. The standard InChI is InChI=1S/C21H34N4O2/c1-17(2)22-12-7-5-4-6-8-13-24-14-9-10-19(20(24)26)16-25-15-11-18(3)23-21(25)27/h9-10,14,17,22H,3-8,11-13,15-16H2,1-2H3,(H,23,27). The maximum atomic E-state index is 12.7. The molecule has 0 saturated carbocycles. The summed E-state index contributed by atoms with van der Waals surface area (Å²) in [5.41, 5.74) is 1.41. The molecule has 0 atom stereocenters. The first-order valence-electron chi connectivity index (χ1n) is 10.1. The summed E-state index contributed by atoms with van der Waals surface area (Å²) in [6.07, 6.45) is 8.34. The molecule has 2 amide bonds. The van der Waals surface area contributed by atoms with Crippen molar-refractivity contribution in [3.05, 3.63) is 46.5 Å². The number of aryl methyl sites for hydroxylation is 1. The molecular formula is C21H34N4O2. The number of rotatable bonds is 11. The topological polar surface area (TPSA) is 66.4 Å². The van der Waals surface area contributed by atoms with E-state index < -0.39 is 0 Å². The number of amides is 2. The van der Waals surface area contributed by atoms with Crippen LogP contribution in [0.4, 0.5) is 4.79 Å². The Morgan fingerprint density at radius 2 is 1.93 bits per heavy atom. The zero-order chi connectivity index (χ0) is 19.6. The van der Waals surface area contributed by atoms with Gasteiger partial charge in [-0.3, -0.25) is 4.79 Å². The van der Waals surface area contributed by atoms with E-state index in [2.05, 4.69) is 31.1 Å². The highest BCUT2D eigenvalue weighted by molar-refractivity contribution is 5.77. The van der Waals surface area contributed by atoms with Gasteiger partial charge in [-0.15, -0.1) is 0 Å². The summed E-state index contributed by atoms with van der Waals surface area (Å²) in [5, 5.41) is 6.16. The Morgan fingerprint density at radius 1 is 1.19 bits per heavy atom. The number of nitrogens with zero attached hydrogens (tertiary/aromatic N) is 2. The molecule has 6 nitrogen and oxygen atoms in total. The first-order valence-corrected chi connectivity index (χ1v) is 10.1. The van der Waals surface area contributed by atoms with Crippen LogP contribution in [-0.2, 0) is 13.1 Å². The van der Waals surface area contributed by atoms with Crippen LogP contribution >= 0.6 is 0 Å². The fourth-order valence-electron chi connectivity index (χ4n) is 3.23. The minimum absolute atomic E-state index is 0.0100. The van der Waals surface area contributed by atoms with E-state index >= 15 is 0 Å². The number of pyridine rings is 1. The Hall–Kier alpha value is -2.08. The van der Waals surface area contributed by atoms with Gasteiger partial charge in [-0.05, 0) is 25.5 Å². The van der Waals surface area contributed by atoms with Gasteiger partial charge < -0.3 is 20.1 Å². The van der Waals surface area contributed by atoms with E-state index in [0.717, 1.165) is 38.0 Å². The third-order valence-corrected chi connectivity index (χ3v) is 4.84. The molecule has 1 aromatic heterocycles. The van der Waals surface area contributed by atoms with Gasteiger partial charge >= 0.3 is 6.03 Å². The van der Waals surface area contributed by atoms with Crippen LogP contribution in [0.2, 0.25) is 0 Å². The van der Waals surface area contributed by atoms with Gasteiger partial charge in [0.15, 0.2) is 0 Å². The quantitative estimate of drug-likeness (QED) is 0.585. The maximum absolute atomic E-state index is 12.7. The lowest BCUT2D eigenvalue weighted by molar-refractivity contribution is 0.190. The van der Waals surface area contributed by atoms with Gasteiger partial charge in [-0.25, -0.2) is 4.79 Å². The molecule has 27 heavy (non-hydrogen) atoms. The van der Waals surface area contributed by atoms with Crippen molar-refractivity contribution in [1.82, 2.24) is 20.1 Å². The molecule has 2 N–H and O–H groups in total. The number of aromatic nitrogens is 1. The SMILES string of the molecule is C=C1CCN(Cc2cccn(CCCCCCCNC(C)C)c2=O)C(=O)N1. The lowest BCUT2D eigenvalue weighted by atomic mass is 10.1. The number of hydrogen-bond donors (Lipinski definition) is 2. The van der Waals surface area contributed by atoms with Crippen molar-refractivity contribution in [1.29, 1.82) is 0 Å². The highest BCUT2D eigenvalue weighted by atomic mass is 16.2. The van der Waals surface area contributed by atoms with Crippen LogP contribution in [0.15, 0.2) is 35.4 Å². The summed E-state index contributed by atoms with van der Waals surface area (Å²) in [4.78, 5) is 26.3. The normalized spacial score (nSPS) is 14.7. The fraction of sp³-hybridized carbons (Fsp3) is 0.619. The number of unbranched alkanes of at least 4 members (excludes halogenated alkanes) is 4. The Bertz CT molecular complexity index is 681. The van der Waals surface area contributed by atoms with E-state index in [1.54, 1.807) is 9.47 Å². The Morgan fingerprint density at radius 3 is 2.67 bits per heavy atom. The molecule has 1 saturated heterocycles. The van der Waals surface area contributed by atoms with Crippen LogP contribution in [0.5, 0.6) is 0 Å². The highest BCUT2D eigenvalue weighted by Crippen LogP contribution is 2.10. The zero-order valence-corrected chi connectivity index (χ0v) is 16.8. The number of hydrogen-bond acceptors (Lipinski definition) is 3. The first kappa shape index (κ1) is 21.2. The highest BCUT2D eigenvalue weighted by Gasteiger charge is 2.20. The van der Waals surface area contributed by atoms with Gasteiger partial charge in [0.05, 0.1) is 6.54 Å². The Balaban J connectivity index is 1.75. The van der Waals surface area contributed by atoms with E-state index in [1.807, 2.05) is 18.3 Å². The van der Waals surface area contributed by atoms with E-state index in [9.17, 15) is 9.59 Å². The molecule has 0 aromatic carbocycles. The molecule has 1 aliphatic rings. The molecule has 1 aromatic rings. The third-order valence-electron chi connectivity index (χ3n) is 4.84. The molecule has 2 heterocycles. The number of nitrogens with one attached hydrogen (secondary N) is 2. The molecule has 0 unspecified atom stereocenters. The zero-order valence-electron chi connectivity index (χ0n) is 16.8. The van der Waals surface area contributed by atoms with E-state index in [4.69, 9.17) is 0 Å². The number of carbonyl (C=O) groups excluding carboxylic acids is 1. The van der Waals surface area contributed by atoms with Crippen molar-refractivity contribution in [2.45, 2.75) is 71.5 Å². The summed E-state index contributed by atoms with van der Waals surface area (Å²) in [5.74, 6) is 0. The van der Waals surface area contributed by atoms with Gasteiger partial charge in [-0.1, -0.05) is 45.8 Å². The molecular weight excluding hydrogens is 340 g/mol.